The van der Waals surface area contributed by atoms with Crippen molar-refractivity contribution in [3.05, 3.63) is 12.2 Å². The van der Waals surface area contributed by atoms with Gasteiger partial charge in [0.25, 0.3) is 0 Å². The zero-order valence-corrected chi connectivity index (χ0v) is 7.16. The van der Waals surface area contributed by atoms with Crippen molar-refractivity contribution in [2.75, 3.05) is 0 Å². The number of carbonyl (C=O) groups is 1. The third-order valence-electron chi connectivity index (χ3n) is 1.78. The summed E-state index contributed by atoms with van der Waals surface area (Å²) in [4.78, 5) is 10.6. The second kappa shape index (κ2) is 3.53. The summed E-state index contributed by atoms with van der Waals surface area (Å²) in [5, 5.41) is 8.72. The summed E-state index contributed by atoms with van der Waals surface area (Å²) < 4.78 is 0. The van der Waals surface area contributed by atoms with Crippen LogP contribution in [-0.2, 0) is 4.79 Å². The predicted molar refractivity (Wildman–Crippen MR) is 44.2 cm³/mol. The molecule has 0 aromatic rings. The normalized spacial score (nSPS) is 15.3. The Morgan fingerprint density at radius 1 is 1.64 bits per heavy atom. The quantitative estimate of drug-likeness (QED) is 0.601. The first-order valence-electron chi connectivity index (χ1n) is 3.54. The average molecular weight is 157 g/mol. The lowest BCUT2D eigenvalue weighted by Gasteiger charge is -2.23. The highest BCUT2D eigenvalue weighted by atomic mass is 16.4. The molecule has 0 fully saturated rings. The number of allylic oxidation sites excluding steroid dienone is 1. The maximum absolute atomic E-state index is 10.6. The molecule has 0 amide bonds. The highest BCUT2D eigenvalue weighted by molar-refractivity contribution is 5.75. The third-order valence-corrected chi connectivity index (χ3v) is 1.78. The monoisotopic (exact) mass is 157 g/mol. The Kier molecular flexibility index (Phi) is 3.26. The van der Waals surface area contributed by atoms with Gasteiger partial charge in [-0.3, -0.25) is 4.79 Å². The van der Waals surface area contributed by atoms with Crippen molar-refractivity contribution < 1.29 is 9.90 Å². The van der Waals surface area contributed by atoms with Crippen molar-refractivity contribution in [1.29, 1.82) is 0 Å². The van der Waals surface area contributed by atoms with Crippen LogP contribution in [0.25, 0.3) is 0 Å². The van der Waals surface area contributed by atoms with Crippen molar-refractivity contribution in [1.82, 2.24) is 0 Å². The number of hydrogen-bond donors (Lipinski definition) is 2. The van der Waals surface area contributed by atoms with Crippen molar-refractivity contribution >= 4 is 5.97 Å². The highest BCUT2D eigenvalue weighted by Crippen LogP contribution is 2.19. The Hall–Kier alpha value is -0.830. The summed E-state index contributed by atoms with van der Waals surface area (Å²) in [5.74, 6) is -0.872. The lowest BCUT2D eigenvalue weighted by Crippen LogP contribution is -2.41. The Morgan fingerprint density at radius 3 is 2.36 bits per heavy atom. The molecule has 0 rings (SSSR count). The lowest BCUT2D eigenvalue weighted by molar-refractivity contribution is -0.147. The zero-order valence-electron chi connectivity index (χ0n) is 7.16. The first-order valence-corrected chi connectivity index (χ1v) is 3.54. The van der Waals surface area contributed by atoms with Gasteiger partial charge >= 0.3 is 5.97 Å². The van der Waals surface area contributed by atoms with Crippen LogP contribution in [0, 0.1) is 5.41 Å². The second-order valence-electron chi connectivity index (χ2n) is 3.08. The molecular formula is C8H15NO2. The van der Waals surface area contributed by atoms with E-state index in [9.17, 15) is 4.79 Å². The minimum absolute atomic E-state index is 0.426. The summed E-state index contributed by atoms with van der Waals surface area (Å²) in [5.41, 5.74) is 4.71. The molecule has 0 heterocycles. The van der Waals surface area contributed by atoms with Gasteiger partial charge < -0.3 is 10.8 Å². The molecule has 0 aliphatic rings. The molecule has 0 aromatic carbocycles. The van der Waals surface area contributed by atoms with Crippen LogP contribution < -0.4 is 5.73 Å². The third kappa shape index (κ3) is 2.35. The average Bonchev–Trinajstić information content (AvgIpc) is 1.88. The fourth-order valence-corrected chi connectivity index (χ4v) is 0.590. The van der Waals surface area contributed by atoms with E-state index in [2.05, 4.69) is 0 Å². The highest BCUT2D eigenvalue weighted by Gasteiger charge is 2.32. The molecule has 0 aliphatic heterocycles. The molecule has 0 aromatic heterocycles. The van der Waals surface area contributed by atoms with E-state index >= 15 is 0 Å². The molecule has 3 heteroatoms. The molecule has 0 aliphatic carbocycles. The molecule has 3 N–H and O–H groups in total. The van der Waals surface area contributed by atoms with Gasteiger partial charge in [0.05, 0.1) is 5.41 Å². The molecule has 1 unspecified atom stereocenters. The maximum Gasteiger partial charge on any atom is 0.310 e. The number of nitrogens with two attached hydrogens (primary N) is 1. The maximum atomic E-state index is 10.6. The van der Waals surface area contributed by atoms with Crippen LogP contribution in [-0.4, -0.2) is 17.1 Å². The molecule has 64 valence electrons. The van der Waals surface area contributed by atoms with Crippen LogP contribution in [0.1, 0.15) is 20.8 Å². The van der Waals surface area contributed by atoms with E-state index in [1.54, 1.807) is 26.0 Å². The van der Waals surface area contributed by atoms with Crippen LogP contribution in [0.2, 0.25) is 0 Å². The first-order chi connectivity index (χ1) is 4.92. The molecule has 3 nitrogen and oxygen atoms in total. The minimum atomic E-state index is -0.882. The number of carboxylic acid groups (broad SMARTS) is 1. The molecule has 0 bridgehead atoms. The van der Waals surface area contributed by atoms with E-state index in [0.29, 0.717) is 0 Å². The minimum Gasteiger partial charge on any atom is -0.481 e. The number of hydrogen-bond acceptors (Lipinski definition) is 2. The van der Waals surface area contributed by atoms with Crippen molar-refractivity contribution in [3.63, 3.8) is 0 Å². The second-order valence-corrected chi connectivity index (χ2v) is 3.08. The first kappa shape index (κ1) is 10.2. The number of aliphatic carboxylic acids is 1. The molecule has 11 heavy (non-hydrogen) atoms. The fraction of sp³-hybridized carbons (Fsp3) is 0.625. The standard InChI is InChI=1S/C8H15NO2/c1-4-5-6(9)8(2,3)7(10)11/h4-6H,9H2,1-3H3,(H,10,11)/b5-4+. The summed E-state index contributed by atoms with van der Waals surface area (Å²) in [6.07, 6.45) is 3.45. The zero-order chi connectivity index (χ0) is 9.07. The van der Waals surface area contributed by atoms with Crippen molar-refractivity contribution in [2.45, 2.75) is 26.8 Å². The van der Waals surface area contributed by atoms with E-state index in [4.69, 9.17) is 10.8 Å². The van der Waals surface area contributed by atoms with Gasteiger partial charge in [0.15, 0.2) is 0 Å². The van der Waals surface area contributed by atoms with Crippen LogP contribution in [0.3, 0.4) is 0 Å². The van der Waals surface area contributed by atoms with Gasteiger partial charge in [-0.05, 0) is 20.8 Å². The van der Waals surface area contributed by atoms with E-state index in [-0.39, 0.29) is 0 Å². The Labute approximate surface area is 66.9 Å². The molecule has 0 radical (unpaired) electrons. The van der Waals surface area contributed by atoms with Gasteiger partial charge in [0.1, 0.15) is 0 Å². The SMILES string of the molecule is C/C=C/C(N)C(C)(C)C(=O)O. The smallest absolute Gasteiger partial charge is 0.310 e. The largest absolute Gasteiger partial charge is 0.481 e. The molecule has 0 spiro atoms. The Bertz CT molecular complexity index is 173. The number of rotatable bonds is 3. The molecular weight excluding hydrogens is 142 g/mol. The van der Waals surface area contributed by atoms with Crippen molar-refractivity contribution in [2.24, 2.45) is 11.1 Å². The Balaban J connectivity index is 4.41. The Morgan fingerprint density at radius 2 is 2.09 bits per heavy atom. The predicted octanol–water partition coefficient (Wildman–Crippen LogP) is 1.00. The van der Waals surface area contributed by atoms with Crippen LogP contribution in [0.4, 0.5) is 0 Å². The van der Waals surface area contributed by atoms with E-state index < -0.39 is 17.4 Å². The van der Waals surface area contributed by atoms with Gasteiger partial charge in [-0.1, -0.05) is 12.2 Å². The summed E-state index contributed by atoms with van der Waals surface area (Å²) >= 11 is 0. The lowest BCUT2D eigenvalue weighted by atomic mass is 9.85. The van der Waals surface area contributed by atoms with Gasteiger partial charge in [0.2, 0.25) is 0 Å². The van der Waals surface area contributed by atoms with Gasteiger partial charge in [-0.15, -0.1) is 0 Å². The van der Waals surface area contributed by atoms with E-state index in [0.717, 1.165) is 0 Å². The molecule has 0 saturated carbocycles. The van der Waals surface area contributed by atoms with Crippen LogP contribution >= 0.6 is 0 Å². The van der Waals surface area contributed by atoms with E-state index in [1.165, 1.54) is 0 Å². The van der Waals surface area contributed by atoms with Gasteiger partial charge in [-0.2, -0.15) is 0 Å². The summed E-state index contributed by atoms with van der Waals surface area (Å²) in [6.45, 7) is 5.04. The van der Waals surface area contributed by atoms with Gasteiger partial charge in [0, 0.05) is 6.04 Å². The fourth-order valence-electron chi connectivity index (χ4n) is 0.590. The number of carboxylic acids is 1. The molecule has 0 saturated heterocycles. The van der Waals surface area contributed by atoms with Gasteiger partial charge in [-0.25, -0.2) is 0 Å². The van der Waals surface area contributed by atoms with Crippen molar-refractivity contribution in [3.8, 4) is 0 Å². The van der Waals surface area contributed by atoms with E-state index in [1.807, 2.05) is 6.92 Å². The summed E-state index contributed by atoms with van der Waals surface area (Å²) in [6, 6.07) is -0.426. The topological polar surface area (TPSA) is 63.3 Å². The van der Waals surface area contributed by atoms with Crippen LogP contribution in [0.5, 0.6) is 0 Å². The van der Waals surface area contributed by atoms with Crippen LogP contribution in [0.15, 0.2) is 12.2 Å². The molecule has 1 atom stereocenters. The summed E-state index contributed by atoms with van der Waals surface area (Å²) in [7, 11) is 0.